The Morgan fingerprint density at radius 2 is 2.13 bits per heavy atom. The van der Waals surface area contributed by atoms with Gasteiger partial charge in [-0.25, -0.2) is 4.98 Å². The van der Waals surface area contributed by atoms with E-state index in [9.17, 15) is 4.79 Å². The van der Waals surface area contributed by atoms with Crippen molar-refractivity contribution in [1.29, 1.82) is 5.26 Å². The van der Waals surface area contributed by atoms with Crippen molar-refractivity contribution in [2.45, 2.75) is 12.8 Å². The fraction of sp³-hybridized carbons (Fsp3) is 0.364. The number of rotatable bonds is 1. The van der Waals surface area contributed by atoms with Crippen LogP contribution in [0, 0.1) is 11.3 Å². The van der Waals surface area contributed by atoms with Crippen molar-refractivity contribution in [1.82, 2.24) is 4.98 Å². The minimum Gasteiger partial charge on any atom is -0.368 e. The molecular formula is C11H11N3O. The number of anilines is 1. The Balaban J connectivity index is 2.23. The average molecular weight is 201 g/mol. The van der Waals surface area contributed by atoms with Crippen molar-refractivity contribution in [2.24, 2.45) is 0 Å². The average Bonchev–Trinajstić information content (AvgIpc) is 2.30. The zero-order chi connectivity index (χ0) is 10.7. The minimum atomic E-state index is 0.300. The van der Waals surface area contributed by atoms with Gasteiger partial charge in [0.25, 0.3) is 0 Å². The van der Waals surface area contributed by atoms with E-state index in [-0.39, 0.29) is 0 Å². The van der Waals surface area contributed by atoms with E-state index in [0.717, 1.165) is 5.69 Å². The molecule has 0 amide bonds. The van der Waals surface area contributed by atoms with Gasteiger partial charge in [0.15, 0.2) is 5.69 Å². The Bertz CT molecular complexity index is 412. The molecule has 0 N–H and O–H groups in total. The predicted octanol–water partition coefficient (Wildman–Crippen LogP) is 1.12. The zero-order valence-corrected chi connectivity index (χ0v) is 8.31. The topological polar surface area (TPSA) is 57.0 Å². The Kier molecular flexibility index (Phi) is 2.64. The van der Waals surface area contributed by atoms with Gasteiger partial charge < -0.3 is 4.90 Å². The summed E-state index contributed by atoms with van der Waals surface area (Å²) in [5, 5.41) is 8.89. The smallest absolute Gasteiger partial charge is 0.163 e. The van der Waals surface area contributed by atoms with Gasteiger partial charge in [0.2, 0.25) is 0 Å². The van der Waals surface area contributed by atoms with Gasteiger partial charge in [-0.05, 0) is 12.1 Å². The van der Waals surface area contributed by atoms with Crippen LogP contribution in [0.2, 0.25) is 0 Å². The Morgan fingerprint density at radius 3 is 2.80 bits per heavy atom. The first-order chi connectivity index (χ1) is 7.31. The lowest BCUT2D eigenvalue weighted by atomic mass is 10.1. The normalized spacial score (nSPS) is 16.2. The second-order valence-electron chi connectivity index (χ2n) is 3.51. The van der Waals surface area contributed by atoms with Crippen LogP contribution < -0.4 is 4.90 Å². The summed E-state index contributed by atoms with van der Waals surface area (Å²) in [6.07, 6.45) is 2.75. The molecule has 0 saturated carbocycles. The molecule has 76 valence electrons. The number of aromatic nitrogens is 1. The van der Waals surface area contributed by atoms with Gasteiger partial charge in [0.05, 0.1) is 5.69 Å². The van der Waals surface area contributed by atoms with Crippen LogP contribution in [-0.4, -0.2) is 23.9 Å². The highest BCUT2D eigenvalue weighted by Gasteiger charge is 2.18. The Labute approximate surface area is 88.1 Å². The number of nitrogens with zero attached hydrogens (tertiary/aromatic N) is 3. The predicted molar refractivity (Wildman–Crippen MR) is 55.4 cm³/mol. The van der Waals surface area contributed by atoms with Gasteiger partial charge in [0.1, 0.15) is 11.9 Å². The molecule has 0 atom stereocenters. The molecule has 15 heavy (non-hydrogen) atoms. The molecule has 4 heteroatoms. The van der Waals surface area contributed by atoms with Gasteiger partial charge in [-0.3, -0.25) is 4.79 Å². The number of pyridine rings is 1. The molecule has 1 fully saturated rings. The van der Waals surface area contributed by atoms with Gasteiger partial charge in [-0.15, -0.1) is 0 Å². The molecule has 2 heterocycles. The van der Waals surface area contributed by atoms with Gasteiger partial charge >= 0.3 is 0 Å². The van der Waals surface area contributed by atoms with Crippen molar-refractivity contribution >= 4 is 11.5 Å². The molecule has 1 aromatic rings. The maximum atomic E-state index is 11.1. The molecule has 0 bridgehead atoms. The summed E-state index contributed by atoms with van der Waals surface area (Å²) in [6.45, 7) is 1.39. The second kappa shape index (κ2) is 4.09. The SMILES string of the molecule is N#Cc1ncccc1N1CCC(=O)CC1. The highest BCUT2D eigenvalue weighted by molar-refractivity contribution is 5.81. The van der Waals surface area contributed by atoms with Gasteiger partial charge in [0, 0.05) is 32.1 Å². The molecule has 0 spiro atoms. The molecule has 0 aliphatic carbocycles. The van der Waals surface area contributed by atoms with Crippen molar-refractivity contribution in [3.05, 3.63) is 24.0 Å². The maximum Gasteiger partial charge on any atom is 0.163 e. The number of carbonyl (C=O) groups excluding carboxylic acids is 1. The molecule has 1 aromatic heterocycles. The first-order valence-electron chi connectivity index (χ1n) is 4.93. The standard InChI is InChI=1S/C11H11N3O/c12-8-10-11(2-1-5-13-10)14-6-3-9(15)4-7-14/h1-2,5H,3-4,6-7H2. The lowest BCUT2D eigenvalue weighted by Crippen LogP contribution is -2.34. The van der Waals surface area contributed by atoms with Crippen LogP contribution in [0.15, 0.2) is 18.3 Å². The number of hydrogen-bond donors (Lipinski definition) is 0. The van der Waals surface area contributed by atoms with E-state index in [4.69, 9.17) is 5.26 Å². The third-order valence-electron chi connectivity index (χ3n) is 2.55. The number of carbonyl (C=O) groups is 1. The lowest BCUT2D eigenvalue weighted by Gasteiger charge is -2.28. The van der Waals surface area contributed by atoms with Crippen LogP contribution in [0.5, 0.6) is 0 Å². The van der Waals surface area contributed by atoms with E-state index in [0.29, 0.717) is 37.4 Å². The minimum absolute atomic E-state index is 0.300. The van der Waals surface area contributed by atoms with Crippen LogP contribution in [-0.2, 0) is 4.79 Å². The third-order valence-corrected chi connectivity index (χ3v) is 2.55. The van der Waals surface area contributed by atoms with E-state index < -0.39 is 0 Å². The van der Waals surface area contributed by atoms with Crippen LogP contribution in [0.4, 0.5) is 5.69 Å². The summed E-state index contributed by atoms with van der Waals surface area (Å²) in [4.78, 5) is 17.1. The molecule has 0 unspecified atom stereocenters. The van der Waals surface area contributed by atoms with E-state index >= 15 is 0 Å². The quantitative estimate of drug-likeness (QED) is 0.683. The molecule has 2 rings (SSSR count). The monoisotopic (exact) mass is 201 g/mol. The van der Waals surface area contributed by atoms with E-state index in [1.165, 1.54) is 0 Å². The maximum absolute atomic E-state index is 11.1. The largest absolute Gasteiger partial charge is 0.368 e. The number of ketones is 1. The second-order valence-corrected chi connectivity index (χ2v) is 3.51. The first-order valence-corrected chi connectivity index (χ1v) is 4.93. The van der Waals surface area contributed by atoms with Crippen molar-refractivity contribution in [3.8, 4) is 6.07 Å². The van der Waals surface area contributed by atoms with Gasteiger partial charge in [-0.1, -0.05) is 0 Å². The fourth-order valence-electron chi connectivity index (χ4n) is 1.74. The Morgan fingerprint density at radius 1 is 1.40 bits per heavy atom. The van der Waals surface area contributed by atoms with Crippen LogP contribution >= 0.6 is 0 Å². The molecule has 1 saturated heterocycles. The van der Waals surface area contributed by atoms with Crippen molar-refractivity contribution in [3.63, 3.8) is 0 Å². The van der Waals surface area contributed by atoms with E-state index in [1.54, 1.807) is 6.20 Å². The summed E-state index contributed by atoms with van der Waals surface area (Å²) in [7, 11) is 0. The first kappa shape index (κ1) is 9.66. The summed E-state index contributed by atoms with van der Waals surface area (Å²) < 4.78 is 0. The summed E-state index contributed by atoms with van der Waals surface area (Å²) >= 11 is 0. The third kappa shape index (κ3) is 1.96. The Hall–Kier alpha value is -1.89. The number of hydrogen-bond acceptors (Lipinski definition) is 4. The molecule has 1 aliphatic rings. The molecule has 0 aromatic carbocycles. The number of Topliss-reactive ketones (excluding diaryl/α,β-unsaturated/α-hetero) is 1. The fourth-order valence-corrected chi connectivity index (χ4v) is 1.74. The zero-order valence-electron chi connectivity index (χ0n) is 8.31. The van der Waals surface area contributed by atoms with Gasteiger partial charge in [-0.2, -0.15) is 5.26 Å². The van der Waals surface area contributed by atoms with Crippen LogP contribution in [0.1, 0.15) is 18.5 Å². The summed E-state index contributed by atoms with van der Waals surface area (Å²) in [5.41, 5.74) is 1.28. The molecule has 1 aliphatic heterocycles. The number of piperidine rings is 1. The molecular weight excluding hydrogens is 190 g/mol. The lowest BCUT2D eigenvalue weighted by molar-refractivity contribution is -0.119. The highest BCUT2D eigenvalue weighted by Crippen LogP contribution is 2.20. The summed E-state index contributed by atoms with van der Waals surface area (Å²) in [6, 6.07) is 5.75. The summed E-state index contributed by atoms with van der Waals surface area (Å²) in [5.74, 6) is 0.300. The van der Waals surface area contributed by atoms with E-state index in [1.807, 2.05) is 17.0 Å². The highest BCUT2D eigenvalue weighted by atomic mass is 16.1. The van der Waals surface area contributed by atoms with Crippen molar-refractivity contribution in [2.75, 3.05) is 18.0 Å². The molecule has 4 nitrogen and oxygen atoms in total. The number of nitriles is 1. The van der Waals surface area contributed by atoms with E-state index in [2.05, 4.69) is 11.1 Å². The van der Waals surface area contributed by atoms with Crippen LogP contribution in [0.25, 0.3) is 0 Å². The van der Waals surface area contributed by atoms with Crippen LogP contribution in [0.3, 0.4) is 0 Å². The molecule has 0 radical (unpaired) electrons. The van der Waals surface area contributed by atoms with Crippen molar-refractivity contribution < 1.29 is 4.79 Å².